The quantitative estimate of drug-likeness (QED) is 0.781. The molecule has 156 valence electrons. The van der Waals surface area contributed by atoms with Gasteiger partial charge in [-0.25, -0.2) is 4.98 Å². The van der Waals surface area contributed by atoms with Crippen LogP contribution in [0.1, 0.15) is 64.1 Å². The summed E-state index contributed by atoms with van der Waals surface area (Å²) in [5.74, 6) is -0.529. The first-order valence-corrected chi connectivity index (χ1v) is 10.1. The van der Waals surface area contributed by atoms with E-state index in [-0.39, 0.29) is 36.0 Å². The van der Waals surface area contributed by atoms with Crippen molar-refractivity contribution < 1.29 is 14.3 Å². The van der Waals surface area contributed by atoms with Gasteiger partial charge in [-0.3, -0.25) is 18.8 Å². The molecule has 0 spiro atoms. The Morgan fingerprint density at radius 3 is 2.59 bits per heavy atom. The molecule has 1 amide bonds. The monoisotopic (exact) mass is 399 g/mol. The Morgan fingerprint density at radius 1 is 1.24 bits per heavy atom. The second-order valence-electron chi connectivity index (χ2n) is 9.06. The van der Waals surface area contributed by atoms with Gasteiger partial charge in [0.05, 0.1) is 11.1 Å². The summed E-state index contributed by atoms with van der Waals surface area (Å²) in [6.45, 7) is 7.58. The van der Waals surface area contributed by atoms with Crippen molar-refractivity contribution in [2.45, 2.75) is 71.9 Å². The third-order valence-electron chi connectivity index (χ3n) is 5.23. The van der Waals surface area contributed by atoms with Gasteiger partial charge in [-0.05, 0) is 58.2 Å². The average molecular weight is 399 g/mol. The van der Waals surface area contributed by atoms with Crippen LogP contribution in [-0.2, 0) is 20.9 Å². The first kappa shape index (κ1) is 21.0. The highest BCUT2D eigenvalue weighted by Crippen LogP contribution is 2.42. The smallest absolute Gasteiger partial charge is 0.312 e. The Hall–Kier alpha value is -2.70. The van der Waals surface area contributed by atoms with Crippen LogP contribution in [0.15, 0.2) is 29.2 Å². The van der Waals surface area contributed by atoms with Crippen molar-refractivity contribution in [3.63, 3.8) is 0 Å². The predicted octanol–water partition coefficient (Wildman–Crippen LogP) is 2.91. The fourth-order valence-corrected chi connectivity index (χ4v) is 3.89. The van der Waals surface area contributed by atoms with E-state index in [1.807, 2.05) is 39.8 Å². The second-order valence-corrected chi connectivity index (χ2v) is 9.06. The van der Waals surface area contributed by atoms with E-state index in [0.717, 1.165) is 18.4 Å². The summed E-state index contributed by atoms with van der Waals surface area (Å²) in [5.41, 5.74) is 0.542. The maximum Gasteiger partial charge on any atom is 0.312 e. The van der Waals surface area contributed by atoms with Crippen LogP contribution in [0.4, 0.5) is 0 Å². The molecule has 0 aromatic carbocycles. The average Bonchev–Trinajstić information content (AvgIpc) is 3.07. The van der Waals surface area contributed by atoms with Crippen molar-refractivity contribution in [3.05, 3.63) is 46.0 Å². The summed E-state index contributed by atoms with van der Waals surface area (Å²) >= 11 is 0. The van der Waals surface area contributed by atoms with Crippen LogP contribution in [0.25, 0.3) is 5.65 Å². The number of nitrogens with one attached hydrogen (secondary N) is 1. The van der Waals surface area contributed by atoms with Gasteiger partial charge in [-0.15, -0.1) is 0 Å². The number of nitrogens with zero attached hydrogens (tertiary/aromatic N) is 2. The highest BCUT2D eigenvalue weighted by molar-refractivity contribution is 5.86. The Morgan fingerprint density at radius 2 is 1.93 bits per heavy atom. The van der Waals surface area contributed by atoms with Crippen molar-refractivity contribution >= 4 is 17.5 Å². The van der Waals surface area contributed by atoms with Crippen molar-refractivity contribution in [2.24, 2.45) is 5.41 Å². The van der Waals surface area contributed by atoms with Crippen LogP contribution < -0.4 is 10.9 Å². The molecule has 2 heterocycles. The number of amides is 1. The number of esters is 1. The molecule has 0 saturated heterocycles. The SMILES string of the molecule is Cc1ccn2c(=O)cc(COC(=O)C3(CC(=O)NC(C)(C)C)CCCC3)nc2c1. The maximum atomic E-state index is 12.9. The number of hydrogen-bond donors (Lipinski definition) is 1. The van der Waals surface area contributed by atoms with Gasteiger partial charge in [-0.2, -0.15) is 0 Å². The Labute approximate surface area is 170 Å². The van der Waals surface area contributed by atoms with Gasteiger partial charge in [0.2, 0.25) is 5.91 Å². The summed E-state index contributed by atoms with van der Waals surface area (Å²) in [5, 5.41) is 2.93. The molecule has 0 radical (unpaired) electrons. The van der Waals surface area contributed by atoms with E-state index >= 15 is 0 Å². The van der Waals surface area contributed by atoms with E-state index in [9.17, 15) is 14.4 Å². The van der Waals surface area contributed by atoms with Crippen LogP contribution >= 0.6 is 0 Å². The fraction of sp³-hybridized carbons (Fsp3) is 0.545. The fourth-order valence-electron chi connectivity index (χ4n) is 3.89. The van der Waals surface area contributed by atoms with Gasteiger partial charge < -0.3 is 10.1 Å². The summed E-state index contributed by atoms with van der Waals surface area (Å²) in [7, 11) is 0. The normalized spacial score (nSPS) is 16.0. The number of aryl methyl sites for hydroxylation is 1. The highest BCUT2D eigenvalue weighted by atomic mass is 16.5. The molecule has 29 heavy (non-hydrogen) atoms. The molecular formula is C22H29N3O4. The molecule has 7 nitrogen and oxygen atoms in total. The van der Waals surface area contributed by atoms with E-state index in [2.05, 4.69) is 10.3 Å². The summed E-state index contributed by atoms with van der Waals surface area (Å²) in [6, 6.07) is 5.02. The third-order valence-corrected chi connectivity index (χ3v) is 5.23. The molecule has 1 fully saturated rings. The number of fused-ring (bicyclic) bond motifs is 1. The molecule has 2 aromatic heterocycles. The Kier molecular flexibility index (Phi) is 5.78. The molecule has 1 aliphatic carbocycles. The van der Waals surface area contributed by atoms with Gasteiger partial charge in [0.25, 0.3) is 5.56 Å². The first-order chi connectivity index (χ1) is 13.6. The molecule has 1 saturated carbocycles. The van der Waals surface area contributed by atoms with Crippen LogP contribution in [0.3, 0.4) is 0 Å². The van der Waals surface area contributed by atoms with E-state index in [0.29, 0.717) is 24.2 Å². The van der Waals surface area contributed by atoms with E-state index in [4.69, 9.17) is 4.74 Å². The van der Waals surface area contributed by atoms with Gasteiger partial charge in [-0.1, -0.05) is 12.8 Å². The van der Waals surface area contributed by atoms with Crippen molar-refractivity contribution in [1.29, 1.82) is 0 Å². The topological polar surface area (TPSA) is 89.8 Å². The van der Waals surface area contributed by atoms with Crippen molar-refractivity contribution in [2.75, 3.05) is 0 Å². The zero-order valence-electron chi connectivity index (χ0n) is 17.6. The minimum Gasteiger partial charge on any atom is -0.459 e. The summed E-state index contributed by atoms with van der Waals surface area (Å²) < 4.78 is 7.00. The van der Waals surface area contributed by atoms with Crippen LogP contribution in [0.2, 0.25) is 0 Å². The molecule has 0 aliphatic heterocycles. The molecule has 3 rings (SSSR count). The molecule has 1 aliphatic rings. The zero-order valence-corrected chi connectivity index (χ0v) is 17.6. The first-order valence-electron chi connectivity index (χ1n) is 10.1. The molecule has 2 aromatic rings. The minimum atomic E-state index is -0.794. The molecular weight excluding hydrogens is 370 g/mol. The molecule has 0 atom stereocenters. The second kappa shape index (κ2) is 7.97. The standard InChI is InChI=1S/C22H29N3O4/c1-15-7-10-25-17(11-15)23-16(12-19(25)27)14-29-20(28)22(8-5-6-9-22)13-18(26)24-21(2,3)4/h7,10-12H,5-6,8-9,13-14H2,1-4H3,(H,24,26). The van der Waals surface area contributed by atoms with E-state index in [1.54, 1.807) is 6.20 Å². The lowest BCUT2D eigenvalue weighted by atomic mass is 9.82. The summed E-state index contributed by atoms with van der Waals surface area (Å²) in [4.78, 5) is 42.1. The lowest BCUT2D eigenvalue weighted by Crippen LogP contribution is -2.44. The van der Waals surface area contributed by atoms with E-state index < -0.39 is 5.41 Å². The van der Waals surface area contributed by atoms with Gasteiger partial charge in [0.1, 0.15) is 12.3 Å². The highest BCUT2D eigenvalue weighted by Gasteiger charge is 2.44. The number of pyridine rings is 1. The van der Waals surface area contributed by atoms with Crippen LogP contribution in [-0.4, -0.2) is 26.8 Å². The summed E-state index contributed by atoms with van der Waals surface area (Å²) in [6.07, 6.45) is 4.86. The molecule has 0 bridgehead atoms. The van der Waals surface area contributed by atoms with Crippen LogP contribution in [0, 0.1) is 12.3 Å². The largest absolute Gasteiger partial charge is 0.459 e. The van der Waals surface area contributed by atoms with E-state index in [1.165, 1.54) is 10.5 Å². The van der Waals surface area contributed by atoms with Crippen molar-refractivity contribution in [3.8, 4) is 0 Å². The zero-order chi connectivity index (χ0) is 21.2. The van der Waals surface area contributed by atoms with Crippen molar-refractivity contribution in [1.82, 2.24) is 14.7 Å². The number of aromatic nitrogens is 2. The molecule has 7 heteroatoms. The number of carbonyl (C=O) groups is 2. The molecule has 0 unspecified atom stereocenters. The molecule has 1 N–H and O–H groups in total. The number of hydrogen-bond acceptors (Lipinski definition) is 5. The third kappa shape index (κ3) is 5.02. The Balaban J connectivity index is 1.73. The Bertz CT molecular complexity index is 982. The maximum absolute atomic E-state index is 12.9. The minimum absolute atomic E-state index is 0.0822. The van der Waals surface area contributed by atoms with Gasteiger partial charge in [0, 0.05) is 24.2 Å². The number of rotatable bonds is 5. The predicted molar refractivity (Wildman–Crippen MR) is 109 cm³/mol. The lowest BCUT2D eigenvalue weighted by molar-refractivity contribution is -0.159. The number of carbonyl (C=O) groups excluding carboxylic acids is 2. The lowest BCUT2D eigenvalue weighted by Gasteiger charge is -2.28. The number of ether oxygens (including phenoxy) is 1. The van der Waals surface area contributed by atoms with Gasteiger partial charge >= 0.3 is 5.97 Å². The van der Waals surface area contributed by atoms with Gasteiger partial charge in [0.15, 0.2) is 0 Å². The van der Waals surface area contributed by atoms with Crippen LogP contribution in [0.5, 0.6) is 0 Å².